The Labute approximate surface area is 168 Å². The van der Waals surface area contributed by atoms with E-state index in [4.69, 9.17) is 14.2 Å². The number of anilines is 1. The first kappa shape index (κ1) is 24.0. The van der Waals surface area contributed by atoms with E-state index in [1.807, 2.05) is 6.92 Å². The zero-order valence-corrected chi connectivity index (χ0v) is 17.9. The maximum atomic E-state index is 12.8. The highest BCUT2D eigenvalue weighted by Crippen LogP contribution is 2.26. The van der Waals surface area contributed by atoms with Crippen LogP contribution in [0.5, 0.6) is 5.75 Å². The Kier molecular flexibility index (Phi) is 10.6. The van der Waals surface area contributed by atoms with Crippen LogP contribution < -0.4 is 10.1 Å². The van der Waals surface area contributed by atoms with Gasteiger partial charge < -0.3 is 19.5 Å². The number of carbonyl (C=O) groups excluding carboxylic acids is 2. The van der Waals surface area contributed by atoms with Gasteiger partial charge in [-0.2, -0.15) is 0 Å². The lowest BCUT2D eigenvalue weighted by atomic mass is 9.97. The van der Waals surface area contributed by atoms with E-state index >= 15 is 0 Å². The van der Waals surface area contributed by atoms with E-state index in [1.54, 1.807) is 32.0 Å². The number of esters is 1. The van der Waals surface area contributed by atoms with Gasteiger partial charge in [0.1, 0.15) is 16.9 Å². The average Bonchev–Trinajstić information content (AvgIpc) is 2.67. The molecule has 0 aromatic heterocycles. The first-order valence-corrected chi connectivity index (χ1v) is 10.3. The Balaban J connectivity index is 3.04. The van der Waals surface area contributed by atoms with Crippen LogP contribution >= 0.6 is 0 Å². The Morgan fingerprint density at radius 2 is 1.75 bits per heavy atom. The van der Waals surface area contributed by atoms with Crippen molar-refractivity contribution in [2.45, 2.75) is 72.3 Å². The third-order valence-electron chi connectivity index (χ3n) is 4.44. The van der Waals surface area contributed by atoms with Crippen molar-refractivity contribution in [3.8, 4) is 5.75 Å². The lowest BCUT2D eigenvalue weighted by Crippen LogP contribution is -2.42. The van der Waals surface area contributed by atoms with Gasteiger partial charge in [-0.3, -0.25) is 4.79 Å². The van der Waals surface area contributed by atoms with E-state index in [1.165, 1.54) is 0 Å². The molecule has 0 heterocycles. The van der Waals surface area contributed by atoms with E-state index in [0.29, 0.717) is 36.6 Å². The number of ether oxygens (including phenoxy) is 3. The first-order chi connectivity index (χ1) is 13.4. The molecule has 1 rings (SSSR count). The van der Waals surface area contributed by atoms with Crippen LogP contribution in [-0.2, 0) is 14.3 Å². The van der Waals surface area contributed by atoms with Crippen LogP contribution in [0.2, 0.25) is 0 Å². The summed E-state index contributed by atoms with van der Waals surface area (Å²) in [5.41, 5.74) is -0.0914. The first-order valence-electron chi connectivity index (χ1n) is 10.3. The summed E-state index contributed by atoms with van der Waals surface area (Å²) >= 11 is 0. The Morgan fingerprint density at radius 3 is 2.36 bits per heavy atom. The van der Waals surface area contributed by atoms with Gasteiger partial charge in [0, 0.05) is 12.3 Å². The summed E-state index contributed by atoms with van der Waals surface area (Å²) in [4.78, 5) is 25.2. The van der Waals surface area contributed by atoms with Crippen LogP contribution in [-0.4, -0.2) is 37.3 Å². The molecule has 0 saturated heterocycles. The molecule has 0 aliphatic rings. The standard InChI is InChI=1S/C22H35NO5/c1-6-10-14-22(5,28-9-4)21(25)23-17-12-13-19(27-15-11-7-2)18(16-17)20(24)26-8-3/h12-13,16H,6-11,14-15H2,1-5H3,(H,23,25)/t22-/m0/s1. The smallest absolute Gasteiger partial charge is 0.341 e. The van der Waals surface area contributed by atoms with E-state index in [9.17, 15) is 9.59 Å². The van der Waals surface area contributed by atoms with Crippen LogP contribution in [0.4, 0.5) is 5.69 Å². The summed E-state index contributed by atoms with van der Waals surface area (Å²) in [5.74, 6) is -0.232. The Hall–Kier alpha value is -2.08. The number of unbranched alkanes of at least 4 members (excludes halogenated alkanes) is 2. The van der Waals surface area contributed by atoms with Crippen molar-refractivity contribution in [3.05, 3.63) is 23.8 Å². The predicted molar refractivity (Wildman–Crippen MR) is 111 cm³/mol. The molecule has 0 aliphatic heterocycles. The highest BCUT2D eigenvalue weighted by atomic mass is 16.5. The Bertz CT molecular complexity index is 631. The molecule has 0 fully saturated rings. The Morgan fingerprint density at radius 1 is 1.04 bits per heavy atom. The van der Waals surface area contributed by atoms with E-state index < -0.39 is 11.6 Å². The number of hydrogen-bond acceptors (Lipinski definition) is 5. The molecule has 1 N–H and O–H groups in total. The zero-order valence-electron chi connectivity index (χ0n) is 17.9. The summed E-state index contributed by atoms with van der Waals surface area (Å²) in [7, 11) is 0. The fraction of sp³-hybridized carbons (Fsp3) is 0.636. The number of carbonyl (C=O) groups is 2. The second kappa shape index (κ2) is 12.4. The van der Waals surface area contributed by atoms with Crippen molar-refractivity contribution in [1.29, 1.82) is 0 Å². The molecule has 0 saturated carbocycles. The molecule has 1 amide bonds. The number of benzene rings is 1. The summed E-state index contributed by atoms with van der Waals surface area (Å²) in [5, 5.41) is 2.88. The second-order valence-electron chi connectivity index (χ2n) is 6.85. The summed E-state index contributed by atoms with van der Waals surface area (Å²) in [6, 6.07) is 5.03. The van der Waals surface area contributed by atoms with Gasteiger partial charge in [0.15, 0.2) is 0 Å². The van der Waals surface area contributed by atoms with E-state index in [-0.39, 0.29) is 12.5 Å². The zero-order chi connectivity index (χ0) is 21.0. The predicted octanol–water partition coefficient (Wildman–Crippen LogP) is 4.97. The second-order valence-corrected chi connectivity index (χ2v) is 6.85. The van der Waals surface area contributed by atoms with Gasteiger partial charge in [-0.25, -0.2) is 4.79 Å². The van der Waals surface area contributed by atoms with Crippen LogP contribution in [0.3, 0.4) is 0 Å². The maximum Gasteiger partial charge on any atom is 0.341 e. The molecule has 0 unspecified atom stereocenters. The van der Waals surface area contributed by atoms with Crippen molar-refractivity contribution >= 4 is 17.6 Å². The van der Waals surface area contributed by atoms with Gasteiger partial charge in [0.2, 0.25) is 0 Å². The molecule has 28 heavy (non-hydrogen) atoms. The van der Waals surface area contributed by atoms with Crippen molar-refractivity contribution in [3.63, 3.8) is 0 Å². The lowest BCUT2D eigenvalue weighted by Gasteiger charge is -2.28. The molecule has 1 atom stereocenters. The highest BCUT2D eigenvalue weighted by Gasteiger charge is 2.33. The van der Waals surface area contributed by atoms with Crippen LogP contribution in [0, 0.1) is 0 Å². The maximum absolute atomic E-state index is 12.8. The van der Waals surface area contributed by atoms with Gasteiger partial charge in [-0.1, -0.05) is 33.1 Å². The fourth-order valence-electron chi connectivity index (χ4n) is 2.78. The van der Waals surface area contributed by atoms with Crippen LogP contribution in [0.25, 0.3) is 0 Å². The van der Waals surface area contributed by atoms with Gasteiger partial charge in [-0.05, 0) is 51.8 Å². The van der Waals surface area contributed by atoms with Crippen molar-refractivity contribution < 1.29 is 23.8 Å². The quantitative estimate of drug-likeness (QED) is 0.378. The van der Waals surface area contributed by atoms with Crippen LogP contribution in [0.1, 0.15) is 77.1 Å². The number of nitrogens with one attached hydrogen (secondary N) is 1. The number of rotatable bonds is 13. The van der Waals surface area contributed by atoms with Crippen LogP contribution in [0.15, 0.2) is 18.2 Å². The van der Waals surface area contributed by atoms with E-state index in [2.05, 4.69) is 19.2 Å². The summed E-state index contributed by atoms with van der Waals surface area (Å²) in [6.45, 7) is 10.8. The molecule has 0 spiro atoms. The fourth-order valence-corrected chi connectivity index (χ4v) is 2.78. The van der Waals surface area contributed by atoms with Crippen molar-refractivity contribution in [2.75, 3.05) is 25.1 Å². The third-order valence-corrected chi connectivity index (χ3v) is 4.44. The summed E-state index contributed by atoms with van der Waals surface area (Å²) in [6.07, 6.45) is 4.39. The number of amides is 1. The van der Waals surface area contributed by atoms with E-state index in [0.717, 1.165) is 25.7 Å². The largest absolute Gasteiger partial charge is 0.493 e. The highest BCUT2D eigenvalue weighted by molar-refractivity contribution is 5.99. The SMILES string of the molecule is CCCCOc1ccc(NC(=O)[C@](C)(CCCC)OCC)cc1C(=O)OCC. The molecule has 1 aromatic carbocycles. The topological polar surface area (TPSA) is 73.9 Å². The molecule has 1 aromatic rings. The monoisotopic (exact) mass is 393 g/mol. The molecule has 0 bridgehead atoms. The minimum atomic E-state index is -0.912. The average molecular weight is 394 g/mol. The van der Waals surface area contributed by atoms with Gasteiger partial charge in [0.25, 0.3) is 5.91 Å². The van der Waals surface area contributed by atoms with Gasteiger partial charge in [0.05, 0.1) is 13.2 Å². The minimum Gasteiger partial charge on any atom is -0.493 e. The normalized spacial score (nSPS) is 12.9. The summed E-state index contributed by atoms with van der Waals surface area (Å²) < 4.78 is 16.6. The minimum absolute atomic E-state index is 0.225. The molecule has 0 radical (unpaired) electrons. The molecule has 0 aliphatic carbocycles. The van der Waals surface area contributed by atoms with Crippen molar-refractivity contribution in [2.24, 2.45) is 0 Å². The number of hydrogen-bond donors (Lipinski definition) is 1. The van der Waals surface area contributed by atoms with Gasteiger partial charge >= 0.3 is 5.97 Å². The molecular formula is C22H35NO5. The molecule has 158 valence electrons. The van der Waals surface area contributed by atoms with Crippen molar-refractivity contribution in [1.82, 2.24) is 0 Å². The molecule has 6 heteroatoms. The lowest BCUT2D eigenvalue weighted by molar-refractivity contribution is -0.139. The third kappa shape index (κ3) is 7.15. The molecular weight excluding hydrogens is 358 g/mol. The molecule has 6 nitrogen and oxygen atoms in total. The van der Waals surface area contributed by atoms with Gasteiger partial charge in [-0.15, -0.1) is 0 Å².